The Balaban J connectivity index is 1.80. The molecule has 0 N–H and O–H groups in total. The van der Waals surface area contributed by atoms with Gasteiger partial charge in [0.25, 0.3) is 0 Å². The molecule has 0 aliphatic carbocycles. The molecule has 2 aliphatic heterocycles. The maximum Gasteiger partial charge on any atom is 0.319 e. The molecule has 2 saturated heterocycles. The van der Waals surface area contributed by atoms with Gasteiger partial charge in [0.1, 0.15) is 0 Å². The van der Waals surface area contributed by atoms with Gasteiger partial charge in [-0.05, 0) is 37.1 Å². The van der Waals surface area contributed by atoms with Crippen LogP contribution in [0.5, 0.6) is 0 Å². The first-order valence-electron chi connectivity index (χ1n) is 7.62. The number of anilines is 1. The number of rotatable bonds is 1. The summed E-state index contributed by atoms with van der Waals surface area (Å²) in [6.07, 6.45) is 1.57. The Morgan fingerprint density at radius 3 is 2.39 bits per heavy atom. The Kier molecular flexibility index (Phi) is 4.47. The fourth-order valence-corrected chi connectivity index (χ4v) is 4.67. The highest BCUT2D eigenvalue weighted by Crippen LogP contribution is 2.46. The summed E-state index contributed by atoms with van der Waals surface area (Å²) in [4.78, 5) is 29.7. The quantitative estimate of drug-likeness (QED) is 0.779. The minimum atomic E-state index is -0.242. The van der Waals surface area contributed by atoms with Crippen molar-refractivity contribution in [3.63, 3.8) is 0 Å². The predicted molar refractivity (Wildman–Crippen MR) is 94.0 cm³/mol. The van der Waals surface area contributed by atoms with Crippen LogP contribution in [0, 0.1) is 0 Å². The SMILES string of the molecule is CN(C)C(=O)N1CCC2(CC1)SCC(=O)N2c1ccc(Cl)cc1. The van der Waals surface area contributed by atoms with E-state index in [2.05, 4.69) is 0 Å². The van der Waals surface area contributed by atoms with E-state index in [-0.39, 0.29) is 16.8 Å². The lowest BCUT2D eigenvalue weighted by atomic mass is 10.0. The zero-order valence-corrected chi connectivity index (χ0v) is 14.9. The highest BCUT2D eigenvalue weighted by Gasteiger charge is 2.49. The largest absolute Gasteiger partial charge is 0.331 e. The fourth-order valence-electron chi connectivity index (χ4n) is 3.22. The number of urea groups is 1. The molecular formula is C16H20ClN3O2S. The van der Waals surface area contributed by atoms with Gasteiger partial charge in [-0.25, -0.2) is 4.79 Å². The molecule has 0 bridgehead atoms. The van der Waals surface area contributed by atoms with E-state index in [1.807, 2.05) is 34.1 Å². The first kappa shape index (κ1) is 16.5. The van der Waals surface area contributed by atoms with Crippen LogP contribution in [0.25, 0.3) is 0 Å². The molecule has 1 aromatic carbocycles. The van der Waals surface area contributed by atoms with Gasteiger partial charge in [0, 0.05) is 37.9 Å². The van der Waals surface area contributed by atoms with Gasteiger partial charge in [0.15, 0.2) is 0 Å². The highest BCUT2D eigenvalue weighted by molar-refractivity contribution is 8.02. The molecule has 1 aromatic rings. The number of benzene rings is 1. The van der Waals surface area contributed by atoms with Crippen LogP contribution < -0.4 is 4.90 Å². The molecule has 1 spiro atoms. The van der Waals surface area contributed by atoms with E-state index in [0.717, 1.165) is 18.5 Å². The van der Waals surface area contributed by atoms with Gasteiger partial charge >= 0.3 is 6.03 Å². The van der Waals surface area contributed by atoms with Crippen LogP contribution in [0.1, 0.15) is 12.8 Å². The number of thioether (sulfide) groups is 1. The molecule has 0 radical (unpaired) electrons. The molecule has 3 amide bonds. The van der Waals surface area contributed by atoms with Crippen molar-refractivity contribution in [2.75, 3.05) is 37.8 Å². The fraction of sp³-hybridized carbons (Fsp3) is 0.500. The van der Waals surface area contributed by atoms with Gasteiger partial charge in [0.2, 0.25) is 5.91 Å². The molecule has 0 aromatic heterocycles. The third-order valence-corrected chi connectivity index (χ3v) is 6.18. The van der Waals surface area contributed by atoms with Crippen molar-refractivity contribution in [2.45, 2.75) is 17.7 Å². The maximum atomic E-state index is 12.4. The maximum absolute atomic E-state index is 12.4. The van der Waals surface area contributed by atoms with E-state index in [9.17, 15) is 9.59 Å². The van der Waals surface area contributed by atoms with Crippen LogP contribution in [0.2, 0.25) is 5.02 Å². The molecule has 0 saturated carbocycles. The van der Waals surface area contributed by atoms with Crippen molar-refractivity contribution in [1.82, 2.24) is 9.80 Å². The van der Waals surface area contributed by atoms with Crippen molar-refractivity contribution in [1.29, 1.82) is 0 Å². The number of likely N-dealkylation sites (tertiary alicyclic amines) is 1. The monoisotopic (exact) mass is 353 g/mol. The topological polar surface area (TPSA) is 43.9 Å². The number of nitrogens with zero attached hydrogens (tertiary/aromatic N) is 3. The van der Waals surface area contributed by atoms with Crippen molar-refractivity contribution in [2.24, 2.45) is 0 Å². The molecule has 124 valence electrons. The average molecular weight is 354 g/mol. The summed E-state index contributed by atoms with van der Waals surface area (Å²) in [5.74, 6) is 0.620. The van der Waals surface area contributed by atoms with Crippen molar-refractivity contribution >= 4 is 41.0 Å². The van der Waals surface area contributed by atoms with Gasteiger partial charge in [-0.3, -0.25) is 9.69 Å². The van der Waals surface area contributed by atoms with Gasteiger partial charge in [-0.15, -0.1) is 11.8 Å². The summed E-state index contributed by atoms with van der Waals surface area (Å²) in [6, 6.07) is 7.44. The summed E-state index contributed by atoms with van der Waals surface area (Å²) in [5.41, 5.74) is 0.886. The number of piperidine rings is 1. The molecule has 2 fully saturated rings. The Hall–Kier alpha value is -1.40. The normalized spacial score (nSPS) is 20.2. The number of amides is 3. The van der Waals surface area contributed by atoms with Crippen LogP contribution in [-0.2, 0) is 4.79 Å². The molecule has 0 unspecified atom stereocenters. The van der Waals surface area contributed by atoms with Crippen molar-refractivity contribution < 1.29 is 9.59 Å². The van der Waals surface area contributed by atoms with Crippen LogP contribution in [0.15, 0.2) is 24.3 Å². The second-order valence-electron chi connectivity index (χ2n) is 6.10. The first-order chi connectivity index (χ1) is 10.9. The lowest BCUT2D eigenvalue weighted by Gasteiger charge is -2.44. The lowest BCUT2D eigenvalue weighted by molar-refractivity contribution is -0.116. The van der Waals surface area contributed by atoms with Crippen LogP contribution in [0.4, 0.5) is 10.5 Å². The minimum absolute atomic E-state index is 0.0345. The third kappa shape index (κ3) is 3.02. The van der Waals surface area contributed by atoms with Crippen molar-refractivity contribution in [3.05, 3.63) is 29.3 Å². The van der Waals surface area contributed by atoms with E-state index < -0.39 is 0 Å². The smallest absolute Gasteiger partial charge is 0.319 e. The molecule has 7 heteroatoms. The number of carbonyl (C=O) groups excluding carboxylic acids is 2. The van der Waals surface area contributed by atoms with E-state index in [1.54, 1.807) is 30.8 Å². The summed E-state index contributed by atoms with van der Waals surface area (Å²) in [5, 5.41) is 0.661. The standard InChI is InChI=1S/C16H20ClN3O2S/c1-18(2)15(22)19-9-7-16(8-10-19)20(14(21)11-23-16)13-5-3-12(17)4-6-13/h3-6H,7-11H2,1-2H3. The second-order valence-corrected chi connectivity index (χ2v) is 7.88. The lowest BCUT2D eigenvalue weighted by Crippen LogP contribution is -2.54. The van der Waals surface area contributed by atoms with Gasteiger partial charge in [0.05, 0.1) is 10.6 Å². The van der Waals surface area contributed by atoms with E-state index in [1.165, 1.54) is 0 Å². The molecule has 5 nitrogen and oxygen atoms in total. The first-order valence-corrected chi connectivity index (χ1v) is 8.98. The number of hydrogen-bond acceptors (Lipinski definition) is 3. The number of halogens is 1. The Bertz CT molecular complexity index is 612. The van der Waals surface area contributed by atoms with Gasteiger partial charge < -0.3 is 9.80 Å². The number of carbonyl (C=O) groups is 2. The summed E-state index contributed by atoms with van der Waals surface area (Å²) < 4.78 is 0. The molecular weight excluding hydrogens is 334 g/mol. The van der Waals surface area contributed by atoms with Crippen LogP contribution in [0.3, 0.4) is 0 Å². The van der Waals surface area contributed by atoms with E-state index in [0.29, 0.717) is 23.9 Å². The molecule has 0 atom stereocenters. The molecule has 3 rings (SSSR count). The Labute approximate surface area is 145 Å². The van der Waals surface area contributed by atoms with Crippen molar-refractivity contribution in [3.8, 4) is 0 Å². The summed E-state index contributed by atoms with van der Waals surface area (Å²) >= 11 is 7.65. The molecule has 2 heterocycles. The van der Waals surface area contributed by atoms with E-state index in [4.69, 9.17) is 11.6 Å². The number of hydrogen-bond donors (Lipinski definition) is 0. The summed E-state index contributed by atoms with van der Waals surface area (Å²) in [6.45, 7) is 1.34. The van der Waals surface area contributed by atoms with E-state index >= 15 is 0 Å². The third-order valence-electron chi connectivity index (χ3n) is 4.40. The Morgan fingerprint density at radius 2 is 1.83 bits per heavy atom. The highest BCUT2D eigenvalue weighted by atomic mass is 35.5. The predicted octanol–water partition coefficient (Wildman–Crippen LogP) is 2.89. The van der Waals surface area contributed by atoms with Crippen LogP contribution in [-0.4, -0.2) is 59.5 Å². The zero-order valence-electron chi connectivity index (χ0n) is 13.3. The second kappa shape index (κ2) is 6.24. The Morgan fingerprint density at radius 1 is 1.22 bits per heavy atom. The van der Waals surface area contributed by atoms with Crippen LogP contribution >= 0.6 is 23.4 Å². The van der Waals surface area contributed by atoms with Gasteiger partial charge in [-0.2, -0.15) is 0 Å². The summed E-state index contributed by atoms with van der Waals surface area (Å²) in [7, 11) is 3.53. The molecule has 23 heavy (non-hydrogen) atoms. The zero-order chi connectivity index (χ0) is 16.6. The molecule has 2 aliphatic rings. The van der Waals surface area contributed by atoms with Gasteiger partial charge in [-0.1, -0.05) is 11.6 Å². The average Bonchev–Trinajstić information content (AvgIpc) is 2.85. The minimum Gasteiger partial charge on any atom is -0.331 e.